The van der Waals surface area contributed by atoms with Crippen molar-refractivity contribution in [1.29, 1.82) is 0 Å². The first kappa shape index (κ1) is 16.2. The van der Waals surface area contributed by atoms with Crippen molar-refractivity contribution in [2.24, 2.45) is 0 Å². The predicted molar refractivity (Wildman–Crippen MR) is 82.0 cm³/mol. The van der Waals surface area contributed by atoms with Crippen LogP contribution in [0.5, 0.6) is 0 Å². The Morgan fingerprint density at radius 3 is 2.85 bits per heavy atom. The van der Waals surface area contributed by atoms with E-state index in [1.54, 1.807) is 0 Å². The lowest BCUT2D eigenvalue weighted by atomic mass is 9.89. The van der Waals surface area contributed by atoms with Crippen molar-refractivity contribution in [2.45, 2.75) is 69.6 Å². The smallest absolute Gasteiger partial charge is 0.0730 e. The normalized spacial score (nSPS) is 30.8. The Kier molecular flexibility index (Phi) is 6.27. The van der Waals surface area contributed by atoms with Crippen molar-refractivity contribution in [1.82, 2.24) is 10.2 Å². The Morgan fingerprint density at radius 2 is 2.10 bits per heavy atom. The zero-order valence-corrected chi connectivity index (χ0v) is 13.2. The number of nitrogens with one attached hydrogen (secondary N) is 1. The largest absolute Gasteiger partial charge is 0.394 e. The summed E-state index contributed by atoms with van der Waals surface area (Å²) < 4.78 is 5.92. The van der Waals surface area contributed by atoms with Gasteiger partial charge in [0.25, 0.3) is 0 Å². The van der Waals surface area contributed by atoms with Crippen LogP contribution >= 0.6 is 0 Å². The molecular weight excluding hydrogens is 252 g/mol. The molecule has 1 aliphatic heterocycles. The van der Waals surface area contributed by atoms with Gasteiger partial charge in [0.05, 0.1) is 19.3 Å². The Morgan fingerprint density at radius 1 is 1.30 bits per heavy atom. The molecule has 0 aromatic heterocycles. The van der Waals surface area contributed by atoms with Gasteiger partial charge in [0.15, 0.2) is 0 Å². The molecule has 0 aromatic carbocycles. The summed E-state index contributed by atoms with van der Waals surface area (Å²) in [5.41, 5.74) is -0.113. The van der Waals surface area contributed by atoms with Crippen molar-refractivity contribution in [3.8, 4) is 0 Å². The van der Waals surface area contributed by atoms with Gasteiger partial charge in [-0.2, -0.15) is 0 Å². The van der Waals surface area contributed by atoms with Crippen molar-refractivity contribution in [2.75, 3.05) is 33.4 Å². The van der Waals surface area contributed by atoms with Crippen molar-refractivity contribution in [3.05, 3.63) is 0 Å². The third-order valence-electron chi connectivity index (χ3n) is 5.22. The topological polar surface area (TPSA) is 44.7 Å². The van der Waals surface area contributed by atoms with Crippen LogP contribution in [0.25, 0.3) is 0 Å². The molecule has 0 aromatic rings. The molecule has 1 saturated heterocycles. The van der Waals surface area contributed by atoms with Crippen LogP contribution in [0.3, 0.4) is 0 Å². The Labute approximate surface area is 123 Å². The Bertz CT molecular complexity index is 280. The number of unbranched alkanes of at least 4 members (excludes halogenated alkanes) is 1. The Balaban J connectivity index is 1.70. The third-order valence-corrected chi connectivity index (χ3v) is 5.22. The highest BCUT2D eigenvalue weighted by molar-refractivity contribution is 4.87. The number of aliphatic hydroxyl groups is 1. The first-order valence-electron chi connectivity index (χ1n) is 8.34. The maximum atomic E-state index is 9.40. The van der Waals surface area contributed by atoms with Gasteiger partial charge in [-0.05, 0) is 46.2 Å². The van der Waals surface area contributed by atoms with E-state index in [0.717, 1.165) is 19.6 Å². The highest BCUT2D eigenvalue weighted by Gasteiger charge is 2.33. The fraction of sp³-hybridized carbons (Fsp3) is 1.00. The summed E-state index contributed by atoms with van der Waals surface area (Å²) in [7, 11) is 1.94. The second-order valence-corrected chi connectivity index (χ2v) is 6.72. The van der Waals surface area contributed by atoms with Crippen LogP contribution in [0, 0.1) is 0 Å². The molecule has 2 rings (SSSR count). The van der Waals surface area contributed by atoms with E-state index >= 15 is 0 Å². The first-order chi connectivity index (χ1) is 9.68. The number of morpholine rings is 1. The van der Waals surface area contributed by atoms with Crippen LogP contribution in [0.1, 0.15) is 51.9 Å². The molecule has 3 unspecified atom stereocenters. The molecule has 0 amide bonds. The molecular formula is C16H32N2O2. The van der Waals surface area contributed by atoms with Gasteiger partial charge < -0.3 is 15.2 Å². The molecule has 0 spiro atoms. The highest BCUT2D eigenvalue weighted by Crippen LogP contribution is 2.28. The minimum absolute atomic E-state index is 0.113. The predicted octanol–water partition coefficient (Wildman–Crippen LogP) is 1.77. The van der Waals surface area contributed by atoms with Crippen LogP contribution in [-0.4, -0.2) is 61.0 Å². The molecule has 0 radical (unpaired) electrons. The molecule has 118 valence electrons. The number of hydrogen-bond donors (Lipinski definition) is 2. The molecule has 1 heterocycles. The first-order valence-corrected chi connectivity index (χ1v) is 8.34. The summed E-state index contributed by atoms with van der Waals surface area (Å²) in [4.78, 5) is 2.66. The standard InChI is InChI=1S/C16H32N2O2/c1-16(13-19,17-2)9-5-6-10-18-11-12-20-15-8-4-3-7-14(15)18/h14-15,17,19H,3-13H2,1-2H3. The quantitative estimate of drug-likeness (QED) is 0.699. The number of aliphatic hydroxyl groups excluding tert-OH is 1. The zero-order valence-electron chi connectivity index (χ0n) is 13.2. The van der Waals surface area contributed by atoms with Crippen molar-refractivity contribution < 1.29 is 9.84 Å². The van der Waals surface area contributed by atoms with Crippen LogP contribution in [-0.2, 0) is 4.74 Å². The van der Waals surface area contributed by atoms with E-state index in [0.29, 0.717) is 12.1 Å². The molecule has 1 saturated carbocycles. The van der Waals surface area contributed by atoms with Gasteiger partial charge in [-0.3, -0.25) is 4.90 Å². The number of likely N-dealkylation sites (N-methyl/N-ethyl adjacent to an activating group) is 1. The molecule has 2 aliphatic rings. The number of nitrogens with zero attached hydrogens (tertiary/aromatic N) is 1. The van der Waals surface area contributed by atoms with Gasteiger partial charge in [0.1, 0.15) is 0 Å². The van der Waals surface area contributed by atoms with Crippen LogP contribution < -0.4 is 5.32 Å². The van der Waals surface area contributed by atoms with Gasteiger partial charge in [-0.25, -0.2) is 0 Å². The minimum Gasteiger partial charge on any atom is -0.394 e. The number of hydrogen-bond acceptors (Lipinski definition) is 4. The second kappa shape index (κ2) is 7.74. The van der Waals surface area contributed by atoms with E-state index in [2.05, 4.69) is 17.1 Å². The summed E-state index contributed by atoms with van der Waals surface area (Å²) in [6.07, 6.45) is 9.21. The molecule has 0 bridgehead atoms. The van der Waals surface area contributed by atoms with Crippen LogP contribution in [0.2, 0.25) is 0 Å². The molecule has 4 heteroatoms. The van der Waals surface area contributed by atoms with Gasteiger partial charge >= 0.3 is 0 Å². The van der Waals surface area contributed by atoms with Gasteiger partial charge in [0.2, 0.25) is 0 Å². The number of rotatable bonds is 7. The third kappa shape index (κ3) is 4.17. The lowest BCUT2D eigenvalue weighted by molar-refractivity contribution is -0.0883. The van der Waals surface area contributed by atoms with Gasteiger partial charge in [0, 0.05) is 18.1 Å². The summed E-state index contributed by atoms with van der Waals surface area (Å²) >= 11 is 0. The maximum Gasteiger partial charge on any atom is 0.0730 e. The van der Waals surface area contributed by atoms with E-state index in [1.165, 1.54) is 45.1 Å². The van der Waals surface area contributed by atoms with E-state index < -0.39 is 0 Å². The zero-order chi connectivity index (χ0) is 14.4. The maximum absolute atomic E-state index is 9.40. The lowest BCUT2D eigenvalue weighted by Crippen LogP contribution is -2.52. The minimum atomic E-state index is -0.113. The SMILES string of the molecule is CNC(C)(CO)CCCCN1CCOC2CCCCC21. The second-order valence-electron chi connectivity index (χ2n) is 6.72. The average molecular weight is 284 g/mol. The summed E-state index contributed by atoms with van der Waals surface area (Å²) in [5.74, 6) is 0. The van der Waals surface area contributed by atoms with Crippen molar-refractivity contribution in [3.63, 3.8) is 0 Å². The monoisotopic (exact) mass is 284 g/mol. The van der Waals surface area contributed by atoms with E-state index in [1.807, 2.05) is 7.05 Å². The van der Waals surface area contributed by atoms with Gasteiger partial charge in [-0.1, -0.05) is 19.3 Å². The van der Waals surface area contributed by atoms with Crippen molar-refractivity contribution >= 4 is 0 Å². The lowest BCUT2D eigenvalue weighted by Gasteiger charge is -2.44. The van der Waals surface area contributed by atoms with E-state index in [-0.39, 0.29) is 12.1 Å². The number of ether oxygens (including phenoxy) is 1. The fourth-order valence-electron chi connectivity index (χ4n) is 3.57. The molecule has 4 nitrogen and oxygen atoms in total. The number of fused-ring (bicyclic) bond motifs is 1. The van der Waals surface area contributed by atoms with E-state index in [9.17, 15) is 5.11 Å². The van der Waals surface area contributed by atoms with Gasteiger partial charge in [-0.15, -0.1) is 0 Å². The van der Waals surface area contributed by atoms with Crippen LogP contribution in [0.15, 0.2) is 0 Å². The summed E-state index contributed by atoms with van der Waals surface area (Å²) in [6.45, 7) is 5.51. The van der Waals surface area contributed by atoms with Crippen LogP contribution in [0.4, 0.5) is 0 Å². The fourth-order valence-corrected chi connectivity index (χ4v) is 3.57. The summed E-state index contributed by atoms with van der Waals surface area (Å²) in [5, 5.41) is 12.6. The molecule has 2 N–H and O–H groups in total. The summed E-state index contributed by atoms with van der Waals surface area (Å²) in [6, 6.07) is 0.672. The molecule has 2 fully saturated rings. The molecule has 3 atom stereocenters. The molecule has 1 aliphatic carbocycles. The van der Waals surface area contributed by atoms with E-state index in [4.69, 9.17) is 4.74 Å². The Hall–Kier alpha value is -0.160. The highest BCUT2D eigenvalue weighted by atomic mass is 16.5. The molecule has 20 heavy (non-hydrogen) atoms. The average Bonchev–Trinajstić information content (AvgIpc) is 2.51.